The van der Waals surface area contributed by atoms with Crippen molar-refractivity contribution in [3.63, 3.8) is 0 Å². The second kappa shape index (κ2) is 7.14. The Balaban J connectivity index is 1.57. The summed E-state index contributed by atoms with van der Waals surface area (Å²) in [5.41, 5.74) is 0.544. The number of aliphatic hydroxyl groups excluding tert-OH is 1. The van der Waals surface area contributed by atoms with Crippen molar-refractivity contribution in [3.05, 3.63) is 54.5 Å². The standard InChI is InChI=1S/C16H14F2N4O2/c17-13-4-3-11(6-14(13)18)24-8-10(23)7-20-16-12-2-1-5-19-15(12)21-9-22-16/h1-6,9-10,23H,7-8H2,(H,19,20,21,22). The Bertz CT molecular complexity index is 842. The molecular formula is C16H14F2N4O2. The summed E-state index contributed by atoms with van der Waals surface area (Å²) < 4.78 is 31.1. The fourth-order valence-corrected chi connectivity index (χ4v) is 2.07. The van der Waals surface area contributed by atoms with Crippen molar-refractivity contribution < 1.29 is 18.6 Å². The largest absolute Gasteiger partial charge is 0.491 e. The maximum atomic E-state index is 13.1. The van der Waals surface area contributed by atoms with Gasteiger partial charge in [0.15, 0.2) is 17.3 Å². The van der Waals surface area contributed by atoms with E-state index in [0.717, 1.165) is 17.5 Å². The van der Waals surface area contributed by atoms with Gasteiger partial charge < -0.3 is 15.2 Å². The first-order valence-corrected chi connectivity index (χ1v) is 7.19. The van der Waals surface area contributed by atoms with Gasteiger partial charge in [-0.25, -0.2) is 23.7 Å². The number of fused-ring (bicyclic) bond motifs is 1. The molecule has 2 heterocycles. The molecule has 3 rings (SSSR count). The van der Waals surface area contributed by atoms with Crippen LogP contribution >= 0.6 is 0 Å². The summed E-state index contributed by atoms with van der Waals surface area (Å²) in [5.74, 6) is -1.27. The average Bonchev–Trinajstić information content (AvgIpc) is 2.61. The molecule has 2 aromatic heterocycles. The molecule has 0 spiro atoms. The van der Waals surface area contributed by atoms with E-state index in [1.54, 1.807) is 12.3 Å². The van der Waals surface area contributed by atoms with Crippen molar-refractivity contribution in [2.45, 2.75) is 6.10 Å². The molecule has 6 nitrogen and oxygen atoms in total. The third kappa shape index (κ3) is 3.72. The minimum Gasteiger partial charge on any atom is -0.491 e. The Labute approximate surface area is 136 Å². The van der Waals surface area contributed by atoms with Gasteiger partial charge in [0.25, 0.3) is 0 Å². The molecule has 0 amide bonds. The van der Waals surface area contributed by atoms with Crippen LogP contribution < -0.4 is 10.1 Å². The molecule has 0 aliphatic heterocycles. The molecule has 1 atom stereocenters. The number of halogens is 2. The minimum absolute atomic E-state index is 0.0840. The van der Waals surface area contributed by atoms with Crippen molar-refractivity contribution in [2.24, 2.45) is 0 Å². The highest BCUT2D eigenvalue weighted by Crippen LogP contribution is 2.17. The second-order valence-electron chi connectivity index (χ2n) is 5.02. The molecule has 0 aliphatic rings. The zero-order valence-corrected chi connectivity index (χ0v) is 12.5. The smallest absolute Gasteiger partial charge is 0.164 e. The molecule has 0 fully saturated rings. The number of hydrogen-bond acceptors (Lipinski definition) is 6. The zero-order chi connectivity index (χ0) is 16.9. The van der Waals surface area contributed by atoms with Crippen LogP contribution in [-0.4, -0.2) is 39.3 Å². The summed E-state index contributed by atoms with van der Waals surface area (Å²) in [6.07, 6.45) is 2.13. The summed E-state index contributed by atoms with van der Waals surface area (Å²) >= 11 is 0. The minimum atomic E-state index is -1.000. The predicted molar refractivity (Wildman–Crippen MR) is 83.7 cm³/mol. The van der Waals surface area contributed by atoms with E-state index >= 15 is 0 Å². The number of benzene rings is 1. The normalized spacial score (nSPS) is 12.1. The molecule has 0 saturated heterocycles. The molecule has 0 saturated carbocycles. The van der Waals surface area contributed by atoms with E-state index in [-0.39, 0.29) is 18.9 Å². The first-order chi connectivity index (χ1) is 11.6. The molecule has 0 radical (unpaired) electrons. The summed E-state index contributed by atoms with van der Waals surface area (Å²) in [5, 5.41) is 13.7. The van der Waals surface area contributed by atoms with E-state index in [1.165, 1.54) is 12.4 Å². The number of pyridine rings is 1. The molecule has 1 aromatic carbocycles. The van der Waals surface area contributed by atoms with Gasteiger partial charge in [-0.2, -0.15) is 0 Å². The highest BCUT2D eigenvalue weighted by molar-refractivity contribution is 5.85. The molecule has 0 aliphatic carbocycles. The monoisotopic (exact) mass is 332 g/mol. The highest BCUT2D eigenvalue weighted by atomic mass is 19.2. The number of anilines is 1. The average molecular weight is 332 g/mol. The Morgan fingerprint density at radius 3 is 2.83 bits per heavy atom. The fraction of sp³-hybridized carbons (Fsp3) is 0.188. The van der Waals surface area contributed by atoms with Gasteiger partial charge in [-0.15, -0.1) is 0 Å². The van der Waals surface area contributed by atoms with Crippen LogP contribution in [0.3, 0.4) is 0 Å². The van der Waals surface area contributed by atoms with E-state index in [4.69, 9.17) is 4.74 Å². The molecule has 124 valence electrons. The van der Waals surface area contributed by atoms with Crippen molar-refractivity contribution in [1.82, 2.24) is 15.0 Å². The van der Waals surface area contributed by atoms with Crippen LogP contribution in [0.25, 0.3) is 11.0 Å². The fourth-order valence-electron chi connectivity index (χ4n) is 2.07. The van der Waals surface area contributed by atoms with Crippen molar-refractivity contribution in [1.29, 1.82) is 0 Å². The van der Waals surface area contributed by atoms with E-state index in [2.05, 4.69) is 20.3 Å². The van der Waals surface area contributed by atoms with Crippen LogP contribution in [0, 0.1) is 11.6 Å². The summed E-state index contributed by atoms with van der Waals surface area (Å²) in [4.78, 5) is 12.3. The molecule has 1 unspecified atom stereocenters. The van der Waals surface area contributed by atoms with Crippen LogP contribution in [0.2, 0.25) is 0 Å². The lowest BCUT2D eigenvalue weighted by Gasteiger charge is -2.14. The maximum absolute atomic E-state index is 13.1. The van der Waals surface area contributed by atoms with Crippen LogP contribution in [0.5, 0.6) is 5.75 Å². The van der Waals surface area contributed by atoms with Gasteiger partial charge in [-0.3, -0.25) is 0 Å². The van der Waals surface area contributed by atoms with Crippen LogP contribution in [0.15, 0.2) is 42.9 Å². The summed E-state index contributed by atoms with van der Waals surface area (Å²) in [6.45, 7) is 0.0734. The molecule has 2 N–H and O–H groups in total. The van der Waals surface area contributed by atoms with Gasteiger partial charge in [0.05, 0.1) is 5.39 Å². The van der Waals surface area contributed by atoms with Gasteiger partial charge in [0.1, 0.15) is 30.6 Å². The molecule has 24 heavy (non-hydrogen) atoms. The number of nitrogens with zero attached hydrogens (tertiary/aromatic N) is 3. The van der Waals surface area contributed by atoms with Crippen molar-refractivity contribution in [3.8, 4) is 5.75 Å². The first kappa shape index (κ1) is 16.0. The Kier molecular flexibility index (Phi) is 4.76. The highest BCUT2D eigenvalue weighted by Gasteiger charge is 2.09. The quantitative estimate of drug-likeness (QED) is 0.720. The maximum Gasteiger partial charge on any atom is 0.164 e. The lowest BCUT2D eigenvalue weighted by Crippen LogP contribution is -2.26. The third-order valence-electron chi connectivity index (χ3n) is 3.25. The van der Waals surface area contributed by atoms with Crippen LogP contribution in [-0.2, 0) is 0 Å². The zero-order valence-electron chi connectivity index (χ0n) is 12.5. The lowest BCUT2D eigenvalue weighted by molar-refractivity contribution is 0.117. The van der Waals surface area contributed by atoms with E-state index in [1.807, 2.05) is 6.07 Å². The summed E-state index contributed by atoms with van der Waals surface area (Å²) in [6, 6.07) is 6.77. The van der Waals surface area contributed by atoms with Crippen LogP contribution in [0.4, 0.5) is 14.6 Å². The Hall–Kier alpha value is -2.87. The first-order valence-electron chi connectivity index (χ1n) is 7.19. The SMILES string of the molecule is OC(CNc1ncnc2ncccc12)COc1ccc(F)c(F)c1. The van der Waals surface area contributed by atoms with Gasteiger partial charge >= 0.3 is 0 Å². The van der Waals surface area contributed by atoms with Crippen molar-refractivity contribution in [2.75, 3.05) is 18.5 Å². The Morgan fingerprint density at radius 2 is 2.00 bits per heavy atom. The molecule has 3 aromatic rings. The van der Waals surface area contributed by atoms with Gasteiger partial charge in [0.2, 0.25) is 0 Å². The number of ether oxygens (including phenoxy) is 1. The number of rotatable bonds is 6. The van der Waals surface area contributed by atoms with Crippen molar-refractivity contribution >= 4 is 16.9 Å². The molecular weight excluding hydrogens is 318 g/mol. The molecule has 0 bridgehead atoms. The number of aromatic nitrogens is 3. The summed E-state index contributed by atoms with van der Waals surface area (Å²) in [7, 11) is 0. The third-order valence-corrected chi connectivity index (χ3v) is 3.25. The number of aliphatic hydroxyl groups is 1. The van der Waals surface area contributed by atoms with Gasteiger partial charge in [-0.1, -0.05) is 0 Å². The van der Waals surface area contributed by atoms with E-state index in [9.17, 15) is 13.9 Å². The van der Waals surface area contributed by atoms with Gasteiger partial charge in [0, 0.05) is 18.8 Å². The van der Waals surface area contributed by atoms with E-state index < -0.39 is 17.7 Å². The lowest BCUT2D eigenvalue weighted by atomic mass is 10.3. The topological polar surface area (TPSA) is 80.2 Å². The Morgan fingerprint density at radius 1 is 1.12 bits per heavy atom. The number of hydrogen-bond donors (Lipinski definition) is 2. The van der Waals surface area contributed by atoms with E-state index in [0.29, 0.717) is 11.5 Å². The number of nitrogens with one attached hydrogen (secondary N) is 1. The van der Waals surface area contributed by atoms with Crippen LogP contribution in [0.1, 0.15) is 0 Å². The predicted octanol–water partition coefficient (Wildman–Crippen LogP) is 2.15. The second-order valence-corrected chi connectivity index (χ2v) is 5.02. The molecule has 8 heteroatoms. The van der Waals surface area contributed by atoms with Gasteiger partial charge in [-0.05, 0) is 24.3 Å².